The van der Waals surface area contributed by atoms with E-state index < -0.39 is 23.8 Å². The summed E-state index contributed by atoms with van der Waals surface area (Å²) in [5, 5.41) is 5.70. The van der Waals surface area contributed by atoms with E-state index in [0.717, 1.165) is 11.1 Å². The average molecular weight is 448 g/mol. The predicted molar refractivity (Wildman–Crippen MR) is 127 cm³/mol. The Morgan fingerprint density at radius 1 is 1.03 bits per heavy atom. The zero-order valence-electron chi connectivity index (χ0n) is 21.1. The van der Waals surface area contributed by atoms with Crippen LogP contribution < -0.4 is 10.6 Å². The van der Waals surface area contributed by atoms with Gasteiger partial charge in [-0.15, -0.1) is 0 Å². The van der Waals surface area contributed by atoms with Crippen LogP contribution in [0.3, 0.4) is 0 Å². The third kappa shape index (κ3) is 7.84. The minimum Gasteiger partial charge on any atom is -0.444 e. The molecular weight excluding hydrogens is 406 g/mol. The van der Waals surface area contributed by atoms with Crippen molar-refractivity contribution in [2.24, 2.45) is 5.92 Å². The molecule has 1 aromatic rings. The maximum absolute atomic E-state index is 13.8. The number of alkyl carbamates (subject to hydrolysis) is 1. The molecule has 0 saturated carbocycles. The van der Waals surface area contributed by atoms with E-state index >= 15 is 0 Å². The smallest absolute Gasteiger partial charge is 0.408 e. The van der Waals surface area contributed by atoms with Crippen molar-refractivity contribution in [2.75, 3.05) is 6.54 Å². The molecule has 0 aliphatic heterocycles. The summed E-state index contributed by atoms with van der Waals surface area (Å²) in [7, 11) is 0. The van der Waals surface area contributed by atoms with Crippen molar-refractivity contribution < 1.29 is 19.1 Å². The van der Waals surface area contributed by atoms with Crippen molar-refractivity contribution in [3.05, 3.63) is 35.4 Å². The van der Waals surface area contributed by atoms with Gasteiger partial charge in [0.05, 0.1) is 0 Å². The van der Waals surface area contributed by atoms with E-state index in [1.165, 1.54) is 0 Å². The van der Waals surface area contributed by atoms with Crippen molar-refractivity contribution in [1.82, 2.24) is 15.5 Å². The monoisotopic (exact) mass is 447 g/mol. The molecule has 3 amide bonds. The molecule has 0 aliphatic rings. The highest BCUT2D eigenvalue weighted by Gasteiger charge is 2.37. The van der Waals surface area contributed by atoms with Crippen molar-refractivity contribution in [3.63, 3.8) is 0 Å². The van der Waals surface area contributed by atoms with Crippen molar-refractivity contribution >= 4 is 17.9 Å². The van der Waals surface area contributed by atoms with Gasteiger partial charge in [-0.05, 0) is 65.5 Å². The number of carbonyl (C=O) groups is 3. The minimum absolute atomic E-state index is 0.0759. The molecule has 0 aliphatic carbocycles. The average Bonchev–Trinajstić information content (AvgIpc) is 2.68. The number of nitrogens with zero attached hydrogens (tertiary/aromatic N) is 1. The molecule has 1 aromatic carbocycles. The number of rotatable bonds is 9. The number of carbonyl (C=O) groups excluding carboxylic acids is 3. The van der Waals surface area contributed by atoms with Gasteiger partial charge < -0.3 is 20.3 Å². The van der Waals surface area contributed by atoms with Crippen LogP contribution in [0.1, 0.15) is 79.0 Å². The summed E-state index contributed by atoms with van der Waals surface area (Å²) in [5.41, 5.74) is 1.00. The lowest BCUT2D eigenvalue weighted by Gasteiger charge is -2.36. The lowest BCUT2D eigenvalue weighted by Crippen LogP contribution is -2.55. The summed E-state index contributed by atoms with van der Waals surface area (Å²) < 4.78 is 5.39. The van der Waals surface area contributed by atoms with E-state index in [1.54, 1.807) is 25.7 Å². The maximum Gasteiger partial charge on any atom is 0.408 e. The Kier molecular flexibility index (Phi) is 10.2. The van der Waals surface area contributed by atoms with Gasteiger partial charge in [0.25, 0.3) is 0 Å². The molecule has 32 heavy (non-hydrogen) atoms. The second kappa shape index (κ2) is 11.9. The van der Waals surface area contributed by atoms with Crippen LogP contribution in [0.25, 0.3) is 0 Å². The quantitative estimate of drug-likeness (QED) is 0.589. The van der Waals surface area contributed by atoms with Gasteiger partial charge in [-0.1, -0.05) is 44.5 Å². The standard InChI is InChI=1S/C25H41N3O4/c1-10-17(5)20(27-24(31)32-25(7,8)9)23(30)28(11-2)21(22(29)26-16(3)4)19-15-13-12-14-18(19)6/h12-17,20-21H,10-11H2,1-9H3,(H,26,29)(H,27,31). The number of likely N-dealkylation sites (N-methyl/N-ethyl adjacent to an activating group) is 1. The predicted octanol–water partition coefficient (Wildman–Crippen LogP) is 4.35. The number of hydrogen-bond donors (Lipinski definition) is 2. The highest BCUT2D eigenvalue weighted by molar-refractivity contribution is 5.92. The van der Waals surface area contributed by atoms with Crippen LogP contribution in [0.4, 0.5) is 4.79 Å². The molecule has 2 N–H and O–H groups in total. The SMILES string of the molecule is CCC(C)C(NC(=O)OC(C)(C)C)C(=O)N(CC)C(C(=O)NC(C)C)c1ccccc1C. The second-order valence-electron chi connectivity index (χ2n) is 9.56. The van der Waals surface area contributed by atoms with Crippen LogP contribution in [0.5, 0.6) is 0 Å². The zero-order chi connectivity index (χ0) is 24.6. The third-order valence-electron chi connectivity index (χ3n) is 5.25. The Morgan fingerprint density at radius 2 is 1.62 bits per heavy atom. The van der Waals surface area contributed by atoms with Crippen LogP contribution in [0.2, 0.25) is 0 Å². The number of hydrogen-bond acceptors (Lipinski definition) is 4. The zero-order valence-corrected chi connectivity index (χ0v) is 21.1. The first-order valence-electron chi connectivity index (χ1n) is 11.5. The molecule has 1 rings (SSSR count). The highest BCUT2D eigenvalue weighted by Crippen LogP contribution is 2.27. The van der Waals surface area contributed by atoms with Crippen molar-refractivity contribution in [1.29, 1.82) is 0 Å². The molecule has 0 saturated heterocycles. The van der Waals surface area contributed by atoms with E-state index in [9.17, 15) is 14.4 Å². The molecule has 0 fully saturated rings. The third-order valence-corrected chi connectivity index (χ3v) is 5.25. The maximum atomic E-state index is 13.8. The van der Waals surface area contributed by atoms with Gasteiger partial charge in [-0.25, -0.2) is 4.79 Å². The summed E-state index contributed by atoms with van der Waals surface area (Å²) in [6.45, 7) is 17.0. The normalized spacial score (nSPS) is 14.3. The molecule has 0 heterocycles. The Morgan fingerprint density at radius 3 is 2.09 bits per heavy atom. The Labute approximate surface area is 193 Å². The van der Waals surface area contributed by atoms with Gasteiger partial charge in [0.2, 0.25) is 11.8 Å². The molecule has 0 aromatic heterocycles. The van der Waals surface area contributed by atoms with E-state index in [2.05, 4.69) is 10.6 Å². The first-order valence-corrected chi connectivity index (χ1v) is 11.5. The van der Waals surface area contributed by atoms with Crippen molar-refractivity contribution in [3.8, 4) is 0 Å². The van der Waals surface area contributed by atoms with E-state index in [-0.39, 0.29) is 23.8 Å². The van der Waals surface area contributed by atoms with Crippen molar-refractivity contribution in [2.45, 2.75) is 92.5 Å². The van der Waals surface area contributed by atoms with E-state index in [0.29, 0.717) is 13.0 Å². The molecule has 180 valence electrons. The van der Waals surface area contributed by atoms with Gasteiger partial charge >= 0.3 is 6.09 Å². The molecular formula is C25H41N3O4. The fourth-order valence-electron chi connectivity index (χ4n) is 3.47. The first-order chi connectivity index (χ1) is 14.8. The van der Waals surface area contributed by atoms with Gasteiger partial charge in [0.1, 0.15) is 17.7 Å². The fraction of sp³-hybridized carbons (Fsp3) is 0.640. The van der Waals surface area contributed by atoms with Crippen LogP contribution in [0.15, 0.2) is 24.3 Å². The molecule has 3 atom stereocenters. The topological polar surface area (TPSA) is 87.7 Å². The van der Waals surface area contributed by atoms with Gasteiger partial charge in [0, 0.05) is 12.6 Å². The summed E-state index contributed by atoms with van der Waals surface area (Å²) in [5.74, 6) is -0.695. The lowest BCUT2D eigenvalue weighted by molar-refractivity contribution is -0.143. The van der Waals surface area contributed by atoms with Gasteiger partial charge in [-0.3, -0.25) is 9.59 Å². The van der Waals surface area contributed by atoms with Gasteiger partial charge in [0.15, 0.2) is 0 Å². The number of ether oxygens (including phenoxy) is 1. The molecule has 0 radical (unpaired) electrons. The van der Waals surface area contributed by atoms with Crippen LogP contribution in [-0.4, -0.2) is 47.0 Å². The molecule has 0 bridgehead atoms. The summed E-state index contributed by atoms with van der Waals surface area (Å²) in [6.07, 6.45) is 0.0306. The molecule has 0 spiro atoms. The fourth-order valence-corrected chi connectivity index (χ4v) is 3.47. The summed E-state index contributed by atoms with van der Waals surface area (Å²) >= 11 is 0. The minimum atomic E-state index is -0.812. The van der Waals surface area contributed by atoms with Gasteiger partial charge in [-0.2, -0.15) is 0 Å². The number of amides is 3. The Bertz CT molecular complexity index is 786. The first kappa shape index (κ1) is 27.5. The van der Waals surface area contributed by atoms with E-state index in [4.69, 9.17) is 4.74 Å². The second-order valence-corrected chi connectivity index (χ2v) is 9.56. The largest absolute Gasteiger partial charge is 0.444 e. The van der Waals surface area contributed by atoms with Crippen LogP contribution >= 0.6 is 0 Å². The molecule has 3 unspecified atom stereocenters. The summed E-state index contributed by atoms with van der Waals surface area (Å²) in [6, 6.07) is 5.87. The lowest BCUT2D eigenvalue weighted by atomic mass is 9.94. The number of benzene rings is 1. The number of nitrogens with one attached hydrogen (secondary N) is 2. The number of aryl methyl sites for hydroxylation is 1. The Balaban J connectivity index is 3.39. The van der Waals surface area contributed by atoms with E-state index in [1.807, 2.05) is 65.8 Å². The van der Waals surface area contributed by atoms with Crippen LogP contribution in [0, 0.1) is 12.8 Å². The summed E-state index contributed by atoms with van der Waals surface area (Å²) in [4.78, 5) is 41.1. The molecule has 7 nitrogen and oxygen atoms in total. The molecule has 7 heteroatoms. The van der Waals surface area contributed by atoms with Crippen LogP contribution in [-0.2, 0) is 14.3 Å². The highest BCUT2D eigenvalue weighted by atomic mass is 16.6. The Hall–Kier alpha value is -2.57.